The SMILES string of the molecule is COC(=O)C(O)Cc1c(C)noc1C. The number of aliphatic hydroxyl groups is 1. The van der Waals surface area contributed by atoms with Gasteiger partial charge >= 0.3 is 5.97 Å². The summed E-state index contributed by atoms with van der Waals surface area (Å²) in [5.41, 5.74) is 1.44. The molecule has 0 aliphatic carbocycles. The Morgan fingerprint density at radius 1 is 1.64 bits per heavy atom. The van der Waals surface area contributed by atoms with E-state index in [1.807, 2.05) is 0 Å². The maximum absolute atomic E-state index is 10.9. The maximum atomic E-state index is 10.9. The molecule has 0 bridgehead atoms. The molecule has 78 valence electrons. The number of hydrogen-bond acceptors (Lipinski definition) is 5. The highest BCUT2D eigenvalue weighted by atomic mass is 16.5. The monoisotopic (exact) mass is 199 g/mol. The smallest absolute Gasteiger partial charge is 0.335 e. The molecule has 0 aliphatic rings. The van der Waals surface area contributed by atoms with Gasteiger partial charge in [-0.05, 0) is 13.8 Å². The molecule has 1 atom stereocenters. The number of nitrogens with zero attached hydrogens (tertiary/aromatic N) is 1. The minimum absolute atomic E-state index is 0.174. The van der Waals surface area contributed by atoms with Crippen molar-refractivity contribution >= 4 is 5.97 Å². The van der Waals surface area contributed by atoms with E-state index in [0.717, 1.165) is 5.56 Å². The Hall–Kier alpha value is -1.36. The number of carbonyl (C=O) groups excluding carboxylic acids is 1. The molecular formula is C9H13NO4. The Balaban J connectivity index is 2.73. The first-order valence-corrected chi connectivity index (χ1v) is 4.24. The van der Waals surface area contributed by atoms with Crippen LogP contribution in [-0.2, 0) is 16.0 Å². The quantitative estimate of drug-likeness (QED) is 0.712. The van der Waals surface area contributed by atoms with Gasteiger partial charge in [-0.3, -0.25) is 0 Å². The van der Waals surface area contributed by atoms with Gasteiger partial charge < -0.3 is 14.4 Å². The highest BCUT2D eigenvalue weighted by Crippen LogP contribution is 2.14. The Morgan fingerprint density at radius 2 is 2.29 bits per heavy atom. The van der Waals surface area contributed by atoms with E-state index in [4.69, 9.17) is 4.52 Å². The number of aryl methyl sites for hydroxylation is 2. The van der Waals surface area contributed by atoms with Crippen LogP contribution in [-0.4, -0.2) is 29.4 Å². The summed E-state index contributed by atoms with van der Waals surface area (Å²) in [6.45, 7) is 3.50. The normalized spacial score (nSPS) is 12.6. The van der Waals surface area contributed by atoms with Crippen molar-refractivity contribution in [2.45, 2.75) is 26.4 Å². The third-order valence-corrected chi connectivity index (χ3v) is 2.05. The highest BCUT2D eigenvalue weighted by Gasteiger charge is 2.20. The molecule has 1 heterocycles. The average Bonchev–Trinajstić information content (AvgIpc) is 2.48. The zero-order chi connectivity index (χ0) is 10.7. The fourth-order valence-corrected chi connectivity index (χ4v) is 1.21. The molecule has 0 spiro atoms. The number of carbonyl (C=O) groups is 1. The van der Waals surface area contributed by atoms with Crippen molar-refractivity contribution in [1.82, 2.24) is 5.16 Å². The average molecular weight is 199 g/mol. The molecular weight excluding hydrogens is 186 g/mol. The molecule has 5 nitrogen and oxygen atoms in total. The molecule has 0 saturated carbocycles. The Kier molecular flexibility index (Phi) is 3.24. The lowest BCUT2D eigenvalue weighted by Crippen LogP contribution is -2.24. The molecule has 1 aromatic heterocycles. The Morgan fingerprint density at radius 3 is 2.71 bits per heavy atom. The molecule has 1 rings (SSSR count). The number of methoxy groups -OCH3 is 1. The third-order valence-electron chi connectivity index (χ3n) is 2.05. The first-order valence-electron chi connectivity index (χ1n) is 4.24. The van der Waals surface area contributed by atoms with Gasteiger partial charge in [0.1, 0.15) is 5.76 Å². The van der Waals surface area contributed by atoms with Crippen LogP contribution in [0.25, 0.3) is 0 Å². The van der Waals surface area contributed by atoms with E-state index in [1.165, 1.54) is 7.11 Å². The van der Waals surface area contributed by atoms with E-state index in [9.17, 15) is 9.90 Å². The van der Waals surface area contributed by atoms with Gasteiger partial charge in [0.05, 0.1) is 12.8 Å². The first-order chi connectivity index (χ1) is 6.56. The molecule has 5 heteroatoms. The molecule has 0 aromatic carbocycles. The Labute approximate surface area is 81.7 Å². The summed E-state index contributed by atoms with van der Waals surface area (Å²) in [5.74, 6) is -0.0320. The van der Waals surface area contributed by atoms with Crippen LogP contribution in [0.4, 0.5) is 0 Å². The lowest BCUT2D eigenvalue weighted by atomic mass is 10.1. The topological polar surface area (TPSA) is 72.6 Å². The molecule has 0 amide bonds. The molecule has 14 heavy (non-hydrogen) atoms. The van der Waals surface area contributed by atoms with E-state index in [1.54, 1.807) is 13.8 Å². The van der Waals surface area contributed by atoms with E-state index in [0.29, 0.717) is 11.5 Å². The largest absolute Gasteiger partial charge is 0.467 e. The van der Waals surface area contributed by atoms with Crippen LogP contribution in [0.15, 0.2) is 4.52 Å². The van der Waals surface area contributed by atoms with Gasteiger partial charge in [-0.25, -0.2) is 4.79 Å². The third kappa shape index (κ3) is 2.11. The lowest BCUT2D eigenvalue weighted by Gasteiger charge is -2.06. The van der Waals surface area contributed by atoms with Crippen LogP contribution in [0.5, 0.6) is 0 Å². The van der Waals surface area contributed by atoms with Gasteiger partial charge in [0.2, 0.25) is 0 Å². The van der Waals surface area contributed by atoms with E-state index in [2.05, 4.69) is 9.89 Å². The van der Waals surface area contributed by atoms with E-state index >= 15 is 0 Å². The number of hydrogen-bond donors (Lipinski definition) is 1. The minimum atomic E-state index is -1.16. The summed E-state index contributed by atoms with van der Waals surface area (Å²) in [5, 5.41) is 13.1. The summed E-state index contributed by atoms with van der Waals surface area (Å²) < 4.78 is 9.30. The summed E-state index contributed by atoms with van der Waals surface area (Å²) in [7, 11) is 1.24. The summed E-state index contributed by atoms with van der Waals surface area (Å²) in [6.07, 6.45) is -0.981. The number of aromatic nitrogens is 1. The Bertz CT molecular complexity index is 312. The van der Waals surface area contributed by atoms with Gasteiger partial charge in [-0.15, -0.1) is 0 Å². The first kappa shape index (κ1) is 10.7. The second-order valence-corrected chi connectivity index (χ2v) is 3.05. The van der Waals surface area contributed by atoms with Crippen molar-refractivity contribution < 1.29 is 19.2 Å². The number of aliphatic hydroxyl groups excluding tert-OH is 1. The maximum Gasteiger partial charge on any atom is 0.335 e. The van der Waals surface area contributed by atoms with Crippen molar-refractivity contribution in [3.63, 3.8) is 0 Å². The second-order valence-electron chi connectivity index (χ2n) is 3.05. The molecule has 0 saturated heterocycles. The highest BCUT2D eigenvalue weighted by molar-refractivity contribution is 5.74. The van der Waals surface area contributed by atoms with Crippen molar-refractivity contribution in [2.75, 3.05) is 7.11 Å². The van der Waals surface area contributed by atoms with E-state index in [-0.39, 0.29) is 6.42 Å². The van der Waals surface area contributed by atoms with Crippen molar-refractivity contribution in [1.29, 1.82) is 0 Å². The fraction of sp³-hybridized carbons (Fsp3) is 0.556. The van der Waals surface area contributed by atoms with Crippen molar-refractivity contribution in [2.24, 2.45) is 0 Å². The zero-order valence-electron chi connectivity index (χ0n) is 8.40. The number of ether oxygens (including phenoxy) is 1. The van der Waals surface area contributed by atoms with Crippen LogP contribution >= 0.6 is 0 Å². The zero-order valence-corrected chi connectivity index (χ0v) is 8.40. The predicted octanol–water partition coefficient (Wildman–Crippen LogP) is 0.368. The molecule has 0 radical (unpaired) electrons. The standard InChI is InChI=1S/C9H13NO4/c1-5-7(6(2)14-10-5)4-8(11)9(12)13-3/h8,11H,4H2,1-3H3. The van der Waals surface area contributed by atoms with Crippen LogP contribution < -0.4 is 0 Å². The van der Waals surface area contributed by atoms with Gasteiger partial charge in [-0.2, -0.15) is 0 Å². The predicted molar refractivity (Wildman–Crippen MR) is 47.7 cm³/mol. The van der Waals surface area contributed by atoms with Gasteiger partial charge in [0, 0.05) is 12.0 Å². The lowest BCUT2D eigenvalue weighted by molar-refractivity contribution is -0.150. The van der Waals surface area contributed by atoms with Crippen molar-refractivity contribution in [3.05, 3.63) is 17.0 Å². The van der Waals surface area contributed by atoms with Crippen LogP contribution in [0.2, 0.25) is 0 Å². The molecule has 1 aromatic rings. The summed E-state index contributed by atoms with van der Waals surface area (Å²) >= 11 is 0. The number of rotatable bonds is 3. The molecule has 0 aliphatic heterocycles. The van der Waals surface area contributed by atoms with Gasteiger partial charge in [0.15, 0.2) is 6.10 Å². The summed E-state index contributed by atoms with van der Waals surface area (Å²) in [6, 6.07) is 0. The molecule has 1 unspecified atom stereocenters. The van der Waals surface area contributed by atoms with Crippen LogP contribution in [0.3, 0.4) is 0 Å². The van der Waals surface area contributed by atoms with E-state index < -0.39 is 12.1 Å². The minimum Gasteiger partial charge on any atom is -0.467 e. The van der Waals surface area contributed by atoms with Gasteiger partial charge in [0.25, 0.3) is 0 Å². The molecule has 0 fully saturated rings. The fourth-order valence-electron chi connectivity index (χ4n) is 1.21. The van der Waals surface area contributed by atoms with Crippen LogP contribution in [0, 0.1) is 13.8 Å². The molecule has 1 N–H and O–H groups in total. The second kappa shape index (κ2) is 4.23. The van der Waals surface area contributed by atoms with Crippen LogP contribution in [0.1, 0.15) is 17.0 Å². The summed E-state index contributed by atoms with van der Waals surface area (Å²) in [4.78, 5) is 10.9. The van der Waals surface area contributed by atoms with Gasteiger partial charge in [-0.1, -0.05) is 5.16 Å². The number of esters is 1. The van der Waals surface area contributed by atoms with Crippen molar-refractivity contribution in [3.8, 4) is 0 Å².